The Hall–Kier alpha value is -1.89. The molecular formula is C18H28N4O3. The summed E-state index contributed by atoms with van der Waals surface area (Å²) in [6, 6.07) is 0. The summed E-state index contributed by atoms with van der Waals surface area (Å²) in [6.07, 6.45) is 6.42. The third-order valence-electron chi connectivity index (χ3n) is 6.09. The highest BCUT2D eigenvalue weighted by atomic mass is 16.5. The summed E-state index contributed by atoms with van der Waals surface area (Å²) >= 11 is 0. The highest BCUT2D eigenvalue weighted by Crippen LogP contribution is 2.38. The zero-order valence-electron chi connectivity index (χ0n) is 15.3. The minimum absolute atomic E-state index is 0.00462. The molecule has 0 radical (unpaired) electrons. The van der Waals surface area contributed by atoms with Crippen molar-refractivity contribution in [3.05, 3.63) is 17.5 Å². The molecule has 2 N–H and O–H groups in total. The Morgan fingerprint density at radius 1 is 1.28 bits per heavy atom. The van der Waals surface area contributed by atoms with E-state index in [9.17, 15) is 9.59 Å². The Kier molecular flexibility index (Phi) is 4.86. The highest BCUT2D eigenvalue weighted by Gasteiger charge is 2.48. The summed E-state index contributed by atoms with van der Waals surface area (Å²) < 4.78 is 7.48. The number of hydrogen-bond acceptors (Lipinski definition) is 4. The van der Waals surface area contributed by atoms with Crippen LogP contribution in [0.2, 0.25) is 0 Å². The van der Waals surface area contributed by atoms with E-state index in [4.69, 9.17) is 10.5 Å². The zero-order valence-corrected chi connectivity index (χ0v) is 15.3. The predicted molar refractivity (Wildman–Crippen MR) is 92.8 cm³/mol. The van der Waals surface area contributed by atoms with Crippen LogP contribution in [0.3, 0.4) is 0 Å². The number of likely N-dealkylation sites (tertiary alicyclic amines) is 1. The van der Waals surface area contributed by atoms with Crippen LogP contribution in [0.25, 0.3) is 0 Å². The van der Waals surface area contributed by atoms with Crippen LogP contribution in [0.4, 0.5) is 0 Å². The molecule has 138 valence electrons. The molecule has 2 fully saturated rings. The molecular weight excluding hydrogens is 320 g/mol. The molecule has 2 amide bonds. The molecule has 0 unspecified atom stereocenters. The number of amides is 2. The first-order valence-electron chi connectivity index (χ1n) is 9.02. The SMILES string of the molecule is COC1(C(=O)N2C[C@H](C(N)=O)[C@@H](c3cnn(C)c3C)C2)CCCCC1. The molecule has 7 heteroatoms. The van der Waals surface area contributed by atoms with Gasteiger partial charge in [-0.3, -0.25) is 14.3 Å². The Bertz CT molecular complexity index is 663. The van der Waals surface area contributed by atoms with E-state index in [-0.39, 0.29) is 23.7 Å². The van der Waals surface area contributed by atoms with Gasteiger partial charge in [0.2, 0.25) is 5.91 Å². The van der Waals surface area contributed by atoms with Crippen LogP contribution in [0, 0.1) is 12.8 Å². The normalized spacial score (nSPS) is 26.0. The molecule has 25 heavy (non-hydrogen) atoms. The molecule has 2 atom stereocenters. The minimum atomic E-state index is -0.737. The molecule has 0 spiro atoms. The molecule has 1 aliphatic carbocycles. The van der Waals surface area contributed by atoms with Crippen LogP contribution in [0.1, 0.15) is 49.3 Å². The fourth-order valence-electron chi connectivity index (χ4n) is 4.37. The maximum atomic E-state index is 13.2. The van der Waals surface area contributed by atoms with E-state index in [0.717, 1.165) is 43.4 Å². The molecule has 7 nitrogen and oxygen atoms in total. The van der Waals surface area contributed by atoms with Crippen molar-refractivity contribution in [2.24, 2.45) is 18.7 Å². The van der Waals surface area contributed by atoms with E-state index < -0.39 is 5.60 Å². The van der Waals surface area contributed by atoms with Gasteiger partial charge >= 0.3 is 0 Å². The van der Waals surface area contributed by atoms with Gasteiger partial charge in [-0.15, -0.1) is 0 Å². The summed E-state index contributed by atoms with van der Waals surface area (Å²) in [5.74, 6) is -0.847. The lowest BCUT2D eigenvalue weighted by molar-refractivity contribution is -0.158. The molecule has 2 heterocycles. The van der Waals surface area contributed by atoms with Crippen molar-refractivity contribution in [2.45, 2.75) is 50.5 Å². The average Bonchev–Trinajstić information content (AvgIpc) is 3.19. The van der Waals surface area contributed by atoms with Crippen LogP contribution in [0.5, 0.6) is 0 Å². The number of aromatic nitrogens is 2. The summed E-state index contributed by atoms with van der Waals surface area (Å²) in [6.45, 7) is 2.82. The summed E-state index contributed by atoms with van der Waals surface area (Å²) in [7, 11) is 3.49. The fraction of sp³-hybridized carbons (Fsp3) is 0.722. The maximum Gasteiger partial charge on any atom is 0.254 e. The van der Waals surface area contributed by atoms with Gasteiger partial charge in [-0.05, 0) is 25.3 Å². The molecule has 1 aromatic heterocycles. The van der Waals surface area contributed by atoms with E-state index >= 15 is 0 Å². The van der Waals surface area contributed by atoms with Gasteiger partial charge in [0, 0.05) is 38.9 Å². The molecule has 0 bridgehead atoms. The van der Waals surface area contributed by atoms with Gasteiger partial charge < -0.3 is 15.4 Å². The van der Waals surface area contributed by atoms with E-state index in [2.05, 4.69) is 5.10 Å². The second kappa shape index (κ2) is 6.78. The monoisotopic (exact) mass is 348 g/mol. The Morgan fingerprint density at radius 3 is 2.48 bits per heavy atom. The van der Waals surface area contributed by atoms with Crippen molar-refractivity contribution in [1.82, 2.24) is 14.7 Å². The lowest BCUT2D eigenvalue weighted by Gasteiger charge is -2.37. The van der Waals surface area contributed by atoms with Gasteiger partial charge in [-0.2, -0.15) is 5.10 Å². The van der Waals surface area contributed by atoms with Gasteiger partial charge in [0.15, 0.2) is 0 Å². The second-order valence-corrected chi connectivity index (χ2v) is 7.39. The lowest BCUT2D eigenvalue weighted by atomic mass is 9.83. The van der Waals surface area contributed by atoms with Crippen molar-refractivity contribution >= 4 is 11.8 Å². The molecule has 1 aromatic rings. The number of carbonyl (C=O) groups is 2. The summed E-state index contributed by atoms with van der Waals surface area (Å²) in [5.41, 5.74) is 6.92. The smallest absolute Gasteiger partial charge is 0.254 e. The third kappa shape index (κ3) is 3.05. The number of nitrogens with zero attached hydrogens (tertiary/aromatic N) is 3. The quantitative estimate of drug-likeness (QED) is 0.882. The van der Waals surface area contributed by atoms with Crippen LogP contribution in [0.15, 0.2) is 6.20 Å². The van der Waals surface area contributed by atoms with E-state index in [1.54, 1.807) is 22.9 Å². The number of aryl methyl sites for hydroxylation is 1. The molecule has 2 aliphatic rings. The molecule has 1 saturated carbocycles. The first-order chi connectivity index (χ1) is 11.9. The lowest BCUT2D eigenvalue weighted by Crippen LogP contribution is -2.51. The van der Waals surface area contributed by atoms with Crippen molar-refractivity contribution in [1.29, 1.82) is 0 Å². The van der Waals surface area contributed by atoms with Gasteiger partial charge in [0.05, 0.1) is 12.1 Å². The van der Waals surface area contributed by atoms with Crippen LogP contribution < -0.4 is 5.73 Å². The van der Waals surface area contributed by atoms with Crippen molar-refractivity contribution in [3.63, 3.8) is 0 Å². The summed E-state index contributed by atoms with van der Waals surface area (Å²) in [5, 5.41) is 4.28. The molecule has 1 aliphatic heterocycles. The topological polar surface area (TPSA) is 90.4 Å². The van der Waals surface area contributed by atoms with Crippen LogP contribution in [-0.4, -0.2) is 52.3 Å². The zero-order chi connectivity index (χ0) is 18.2. The molecule has 0 aromatic carbocycles. The second-order valence-electron chi connectivity index (χ2n) is 7.39. The minimum Gasteiger partial charge on any atom is -0.369 e. The number of rotatable bonds is 4. The Balaban J connectivity index is 1.85. The van der Waals surface area contributed by atoms with Crippen LogP contribution in [-0.2, 0) is 21.4 Å². The van der Waals surface area contributed by atoms with E-state index in [1.165, 1.54) is 0 Å². The maximum absolute atomic E-state index is 13.2. The van der Waals surface area contributed by atoms with Crippen molar-refractivity contribution in [2.75, 3.05) is 20.2 Å². The first kappa shape index (κ1) is 17.9. The number of nitrogens with two attached hydrogens (primary N) is 1. The number of hydrogen-bond donors (Lipinski definition) is 1. The van der Waals surface area contributed by atoms with Gasteiger partial charge in [0.25, 0.3) is 5.91 Å². The molecule has 3 rings (SSSR count). The van der Waals surface area contributed by atoms with E-state index in [1.807, 2.05) is 14.0 Å². The highest BCUT2D eigenvalue weighted by molar-refractivity contribution is 5.87. The first-order valence-corrected chi connectivity index (χ1v) is 9.02. The number of carbonyl (C=O) groups excluding carboxylic acids is 2. The van der Waals surface area contributed by atoms with Gasteiger partial charge in [-0.1, -0.05) is 19.3 Å². The van der Waals surface area contributed by atoms with Crippen molar-refractivity contribution < 1.29 is 14.3 Å². The fourth-order valence-corrected chi connectivity index (χ4v) is 4.37. The van der Waals surface area contributed by atoms with Crippen LogP contribution >= 0.6 is 0 Å². The largest absolute Gasteiger partial charge is 0.369 e. The third-order valence-corrected chi connectivity index (χ3v) is 6.09. The van der Waals surface area contributed by atoms with E-state index in [0.29, 0.717) is 13.1 Å². The predicted octanol–water partition coefficient (Wildman–Crippen LogP) is 1.11. The Labute approximate surface area is 148 Å². The average molecular weight is 348 g/mol. The van der Waals surface area contributed by atoms with Gasteiger partial charge in [0.1, 0.15) is 5.60 Å². The summed E-state index contributed by atoms with van der Waals surface area (Å²) in [4.78, 5) is 27.0. The number of primary amides is 1. The molecule has 1 saturated heterocycles. The van der Waals surface area contributed by atoms with Crippen molar-refractivity contribution in [3.8, 4) is 0 Å². The van der Waals surface area contributed by atoms with Gasteiger partial charge in [-0.25, -0.2) is 0 Å². The number of ether oxygens (including phenoxy) is 1. The Morgan fingerprint density at radius 2 is 1.96 bits per heavy atom. The number of methoxy groups -OCH3 is 1. The standard InChI is InChI=1S/C18H28N4O3/c1-12-13(9-20-21(12)2)14-10-22(11-15(14)16(19)23)17(24)18(25-3)7-5-4-6-8-18/h9,14-15H,4-8,10-11H2,1-3H3,(H2,19,23)/t14-,15+/m1/s1.